The van der Waals surface area contributed by atoms with Gasteiger partial charge in [0.1, 0.15) is 11.6 Å². The van der Waals surface area contributed by atoms with Crippen LogP contribution in [0, 0.1) is 17.7 Å². The smallest absolute Gasteiger partial charge is 0.387 e. The molecule has 8 heteroatoms. The quantitative estimate of drug-likeness (QED) is 0.912. The Morgan fingerprint density at radius 1 is 1.33 bits per heavy atom. The van der Waals surface area contributed by atoms with Gasteiger partial charge in [-0.25, -0.2) is 9.18 Å². The molecule has 3 rings (SSSR count). The highest BCUT2D eigenvalue weighted by atomic mass is 19.3. The van der Waals surface area contributed by atoms with E-state index >= 15 is 0 Å². The Balaban J connectivity index is 1.63. The van der Waals surface area contributed by atoms with Crippen LogP contribution in [0.2, 0.25) is 0 Å². The van der Waals surface area contributed by atoms with E-state index in [4.69, 9.17) is 4.74 Å². The van der Waals surface area contributed by atoms with Gasteiger partial charge in [-0.05, 0) is 36.8 Å². The van der Waals surface area contributed by atoms with Crippen molar-refractivity contribution in [2.75, 3.05) is 31.6 Å². The number of halogens is 3. The van der Waals surface area contributed by atoms with E-state index in [1.165, 1.54) is 0 Å². The highest BCUT2D eigenvalue weighted by Crippen LogP contribution is 2.31. The summed E-state index contributed by atoms with van der Waals surface area (Å²) in [7, 11) is 0. The van der Waals surface area contributed by atoms with Crippen molar-refractivity contribution in [2.24, 2.45) is 11.8 Å². The summed E-state index contributed by atoms with van der Waals surface area (Å²) in [6.07, 6.45) is 1.88. The number of amides is 2. The second-order valence-corrected chi connectivity index (χ2v) is 6.07. The number of urea groups is 1. The topological polar surface area (TPSA) is 50.8 Å². The number of hydrogen-bond acceptors (Lipinski definition) is 3. The fourth-order valence-electron chi connectivity index (χ4n) is 3.27. The van der Waals surface area contributed by atoms with Crippen LogP contribution in [0.4, 0.5) is 23.7 Å². The average molecular weight is 344 g/mol. The lowest BCUT2D eigenvalue weighted by molar-refractivity contribution is -0.0494. The molecule has 0 aliphatic carbocycles. The molecule has 1 aromatic carbocycles. The number of nitrogens with one attached hydrogen (secondary N) is 1. The van der Waals surface area contributed by atoms with Crippen molar-refractivity contribution in [3.63, 3.8) is 0 Å². The number of alkyl halides is 2. The molecule has 0 saturated carbocycles. The van der Waals surface area contributed by atoms with Gasteiger partial charge in [0, 0.05) is 32.4 Å². The third-order valence-electron chi connectivity index (χ3n) is 4.54. The number of carbonyl (C=O) groups is 1. The highest BCUT2D eigenvalue weighted by molar-refractivity contribution is 5.91. The number of rotatable bonds is 4. The zero-order chi connectivity index (χ0) is 17.1. The highest BCUT2D eigenvalue weighted by Gasteiger charge is 2.34. The van der Waals surface area contributed by atoms with Crippen LogP contribution >= 0.6 is 0 Å². The molecular weight excluding hydrogens is 325 g/mol. The normalized spacial score (nSPS) is 23.8. The summed E-state index contributed by atoms with van der Waals surface area (Å²) in [5.41, 5.74) is -0.104. The summed E-state index contributed by atoms with van der Waals surface area (Å²) in [5.74, 6) is -0.0775. The number of anilines is 1. The maximum Gasteiger partial charge on any atom is 0.387 e. The van der Waals surface area contributed by atoms with Crippen molar-refractivity contribution >= 4 is 11.7 Å². The summed E-state index contributed by atoms with van der Waals surface area (Å²) in [6.45, 7) is -0.417. The Bertz CT molecular complexity index is 594. The first-order valence-electron chi connectivity index (χ1n) is 7.91. The van der Waals surface area contributed by atoms with Gasteiger partial charge in [0.2, 0.25) is 0 Å². The standard InChI is InChI=1S/C16H19F3N2O3/c17-12-1-2-14(24-15(18)19)13(7-12)20-16(22)21-5-3-10(8-21)11-4-6-23-9-11/h1-2,7,10-11,15H,3-6,8-9H2,(H,20,22)/t10-,11-/m1/s1. The van der Waals surface area contributed by atoms with E-state index in [9.17, 15) is 18.0 Å². The van der Waals surface area contributed by atoms with Crippen molar-refractivity contribution in [1.29, 1.82) is 0 Å². The second-order valence-electron chi connectivity index (χ2n) is 6.07. The zero-order valence-corrected chi connectivity index (χ0v) is 13.0. The molecule has 24 heavy (non-hydrogen) atoms. The Labute approximate surface area is 137 Å². The lowest BCUT2D eigenvalue weighted by Gasteiger charge is -2.20. The van der Waals surface area contributed by atoms with Crippen LogP contribution in [-0.4, -0.2) is 43.8 Å². The summed E-state index contributed by atoms with van der Waals surface area (Å²) in [5, 5.41) is 2.47. The number of benzene rings is 1. The molecule has 0 aromatic heterocycles. The minimum atomic E-state index is -3.05. The van der Waals surface area contributed by atoms with Gasteiger partial charge in [0.25, 0.3) is 0 Å². The zero-order valence-electron chi connectivity index (χ0n) is 13.0. The van der Waals surface area contributed by atoms with Gasteiger partial charge in [0.05, 0.1) is 5.69 Å². The number of ether oxygens (including phenoxy) is 2. The van der Waals surface area contributed by atoms with E-state index in [0.717, 1.165) is 44.3 Å². The molecule has 2 atom stereocenters. The molecule has 0 unspecified atom stereocenters. The fourth-order valence-corrected chi connectivity index (χ4v) is 3.27. The Morgan fingerprint density at radius 3 is 2.88 bits per heavy atom. The summed E-state index contributed by atoms with van der Waals surface area (Å²) in [4.78, 5) is 14.0. The van der Waals surface area contributed by atoms with Crippen LogP contribution in [0.25, 0.3) is 0 Å². The van der Waals surface area contributed by atoms with E-state index < -0.39 is 18.5 Å². The van der Waals surface area contributed by atoms with Crippen molar-refractivity contribution in [2.45, 2.75) is 19.5 Å². The molecule has 2 aliphatic heterocycles. The molecule has 1 N–H and O–H groups in total. The largest absolute Gasteiger partial charge is 0.433 e. The van der Waals surface area contributed by atoms with Crippen molar-refractivity contribution in [1.82, 2.24) is 4.90 Å². The molecule has 0 radical (unpaired) electrons. The third-order valence-corrected chi connectivity index (χ3v) is 4.54. The molecule has 2 aliphatic rings. The predicted octanol–water partition coefficient (Wildman–Crippen LogP) is 3.32. The molecule has 5 nitrogen and oxygen atoms in total. The first-order chi connectivity index (χ1) is 11.5. The van der Waals surface area contributed by atoms with Gasteiger partial charge in [-0.2, -0.15) is 8.78 Å². The number of likely N-dealkylation sites (tertiary alicyclic amines) is 1. The first-order valence-corrected chi connectivity index (χ1v) is 7.91. The fraction of sp³-hybridized carbons (Fsp3) is 0.562. The monoisotopic (exact) mass is 344 g/mol. The van der Waals surface area contributed by atoms with E-state index in [1.54, 1.807) is 4.90 Å². The van der Waals surface area contributed by atoms with Crippen molar-refractivity contribution < 1.29 is 27.4 Å². The van der Waals surface area contributed by atoms with Gasteiger partial charge in [-0.1, -0.05) is 0 Å². The molecular formula is C16H19F3N2O3. The number of nitrogens with zero attached hydrogens (tertiary/aromatic N) is 1. The van der Waals surface area contributed by atoms with Gasteiger partial charge in [-0.15, -0.1) is 0 Å². The van der Waals surface area contributed by atoms with Crippen LogP contribution in [0.15, 0.2) is 18.2 Å². The van der Waals surface area contributed by atoms with Crippen LogP contribution < -0.4 is 10.1 Å². The summed E-state index contributed by atoms with van der Waals surface area (Å²) in [6, 6.07) is 2.59. The Hall–Kier alpha value is -1.96. The predicted molar refractivity (Wildman–Crippen MR) is 80.7 cm³/mol. The van der Waals surface area contributed by atoms with Gasteiger partial charge in [0.15, 0.2) is 0 Å². The van der Waals surface area contributed by atoms with Gasteiger partial charge in [-0.3, -0.25) is 0 Å². The molecule has 2 saturated heterocycles. The SMILES string of the molecule is O=C(Nc1cc(F)ccc1OC(F)F)N1CC[C@@H]([C@@H]2CCOC2)C1. The summed E-state index contributed by atoms with van der Waals surface area (Å²) < 4.78 is 47.9. The lowest BCUT2D eigenvalue weighted by atomic mass is 9.91. The van der Waals surface area contributed by atoms with E-state index in [0.29, 0.717) is 24.9 Å². The minimum Gasteiger partial charge on any atom is -0.433 e. The van der Waals surface area contributed by atoms with E-state index in [2.05, 4.69) is 10.1 Å². The molecule has 2 fully saturated rings. The van der Waals surface area contributed by atoms with Crippen LogP contribution in [0.5, 0.6) is 5.75 Å². The Kier molecular flexibility index (Phi) is 5.13. The number of hydrogen-bond donors (Lipinski definition) is 1. The molecule has 0 spiro atoms. The molecule has 2 heterocycles. The first kappa shape index (κ1) is 16.9. The minimum absolute atomic E-state index is 0.104. The van der Waals surface area contributed by atoms with Crippen LogP contribution in [0.3, 0.4) is 0 Å². The van der Waals surface area contributed by atoms with Gasteiger partial charge >= 0.3 is 12.6 Å². The maximum absolute atomic E-state index is 13.4. The number of carbonyl (C=O) groups excluding carboxylic acids is 1. The third kappa shape index (κ3) is 3.92. The van der Waals surface area contributed by atoms with E-state index in [1.807, 2.05) is 0 Å². The molecule has 132 valence electrons. The molecule has 2 amide bonds. The lowest BCUT2D eigenvalue weighted by Crippen LogP contribution is -2.34. The van der Waals surface area contributed by atoms with Crippen LogP contribution in [0.1, 0.15) is 12.8 Å². The second kappa shape index (κ2) is 7.29. The maximum atomic E-state index is 13.4. The van der Waals surface area contributed by atoms with Crippen LogP contribution in [-0.2, 0) is 4.74 Å². The molecule has 1 aromatic rings. The summed E-state index contributed by atoms with van der Waals surface area (Å²) >= 11 is 0. The van der Waals surface area contributed by atoms with Crippen molar-refractivity contribution in [3.05, 3.63) is 24.0 Å². The van der Waals surface area contributed by atoms with Crippen molar-refractivity contribution in [3.8, 4) is 5.75 Å². The average Bonchev–Trinajstić information content (AvgIpc) is 3.19. The van der Waals surface area contributed by atoms with E-state index in [-0.39, 0.29) is 11.4 Å². The van der Waals surface area contributed by atoms with Gasteiger partial charge < -0.3 is 19.7 Å². The Morgan fingerprint density at radius 2 is 2.17 bits per heavy atom. The molecule has 0 bridgehead atoms.